The lowest BCUT2D eigenvalue weighted by molar-refractivity contribution is -0.136. The van der Waals surface area contributed by atoms with Crippen LogP contribution in [-0.2, 0) is 24.0 Å². The maximum Gasteiger partial charge on any atom is 0.243 e. The minimum Gasteiger partial charge on any atom is -0.370 e. The molecule has 10 N–H and O–H groups in total. The zero-order valence-corrected chi connectivity index (χ0v) is 27.4. The van der Waals surface area contributed by atoms with Gasteiger partial charge in [-0.3, -0.25) is 33.9 Å². The van der Waals surface area contributed by atoms with Crippen LogP contribution in [0.4, 0.5) is 0 Å². The second kappa shape index (κ2) is 17.7. The average Bonchev–Trinajstić information content (AvgIpc) is 3.40. The van der Waals surface area contributed by atoms with Crippen molar-refractivity contribution in [2.24, 2.45) is 33.5 Å². The Balaban J connectivity index is 2.24. The minimum atomic E-state index is -1.08. The molecule has 1 saturated carbocycles. The number of likely N-dealkylation sites (N-methyl/N-ethyl adjacent to an activating group) is 1. The molecule has 5 amide bonds. The zero-order valence-electron chi connectivity index (χ0n) is 27.4. The lowest BCUT2D eigenvalue weighted by Crippen LogP contribution is -2.60. The first-order valence-electron chi connectivity index (χ1n) is 16.0. The third-order valence-corrected chi connectivity index (χ3v) is 8.58. The number of hydrogen-bond acceptors (Lipinski definition) is 7. The van der Waals surface area contributed by atoms with Crippen molar-refractivity contribution in [1.29, 1.82) is 0 Å². The smallest absolute Gasteiger partial charge is 0.243 e. The second-order valence-corrected chi connectivity index (χ2v) is 13.3. The molecule has 45 heavy (non-hydrogen) atoms. The Bertz CT molecular complexity index is 1080. The van der Waals surface area contributed by atoms with Crippen LogP contribution in [0.2, 0.25) is 0 Å². The Morgan fingerprint density at radius 3 is 2.04 bits per heavy atom. The lowest BCUT2D eigenvalue weighted by Gasteiger charge is -2.33. The molecule has 2 fully saturated rings. The molecule has 0 bridgehead atoms. The van der Waals surface area contributed by atoms with Crippen LogP contribution >= 0.6 is 0 Å². The number of rotatable bonds is 16. The number of aliphatic imine (C=N–C) groups is 1. The van der Waals surface area contributed by atoms with Crippen LogP contribution < -0.4 is 38.5 Å². The summed E-state index contributed by atoms with van der Waals surface area (Å²) in [6, 6.07) is -4.23. The van der Waals surface area contributed by atoms with Gasteiger partial charge < -0.3 is 38.5 Å². The highest BCUT2D eigenvalue weighted by molar-refractivity contribution is 5.96. The predicted molar refractivity (Wildman–Crippen MR) is 173 cm³/mol. The van der Waals surface area contributed by atoms with E-state index < -0.39 is 53.2 Å². The van der Waals surface area contributed by atoms with Crippen LogP contribution in [0.25, 0.3) is 0 Å². The monoisotopic (exact) mass is 633 g/mol. The summed E-state index contributed by atoms with van der Waals surface area (Å²) in [5.41, 5.74) is 15.7. The van der Waals surface area contributed by atoms with E-state index in [1.54, 1.807) is 20.8 Å². The highest BCUT2D eigenvalue weighted by Gasteiger charge is 2.38. The average molecular weight is 634 g/mol. The van der Waals surface area contributed by atoms with Gasteiger partial charge >= 0.3 is 0 Å². The molecule has 2 aliphatic rings. The van der Waals surface area contributed by atoms with Gasteiger partial charge in [-0.1, -0.05) is 46.1 Å². The second-order valence-electron chi connectivity index (χ2n) is 13.3. The van der Waals surface area contributed by atoms with Crippen LogP contribution in [0.15, 0.2) is 17.6 Å². The van der Waals surface area contributed by atoms with Gasteiger partial charge in [0.25, 0.3) is 0 Å². The van der Waals surface area contributed by atoms with Crippen LogP contribution in [-0.4, -0.2) is 90.7 Å². The number of hydrogen-bond donors (Lipinski definition) is 7. The maximum atomic E-state index is 13.8. The van der Waals surface area contributed by atoms with Crippen molar-refractivity contribution in [2.75, 3.05) is 20.1 Å². The van der Waals surface area contributed by atoms with Crippen LogP contribution in [0.1, 0.15) is 85.0 Å². The molecular weight excluding hydrogens is 578 g/mol. The number of carbonyl (C=O) groups is 5. The highest BCUT2D eigenvalue weighted by Crippen LogP contribution is 2.27. The Labute approximate surface area is 267 Å². The topological polar surface area (TPSA) is 227 Å². The molecule has 1 unspecified atom stereocenters. The first-order valence-corrected chi connectivity index (χ1v) is 16.0. The molecule has 14 heteroatoms. The van der Waals surface area contributed by atoms with Crippen LogP contribution in [0.3, 0.4) is 0 Å². The van der Waals surface area contributed by atoms with Gasteiger partial charge in [0, 0.05) is 6.54 Å². The van der Waals surface area contributed by atoms with E-state index in [2.05, 4.69) is 32.8 Å². The van der Waals surface area contributed by atoms with Gasteiger partial charge in [0.05, 0.1) is 6.04 Å². The third kappa shape index (κ3) is 12.0. The van der Waals surface area contributed by atoms with Gasteiger partial charge in [0.15, 0.2) is 5.96 Å². The first kappa shape index (κ1) is 37.5. The van der Waals surface area contributed by atoms with Crippen molar-refractivity contribution in [3.05, 3.63) is 12.7 Å². The molecule has 254 valence electrons. The SMILES string of the molecule is C=CC[C@H](NC(=O)[C@@H](NC(=O)C1CCCN1C)C1CCCCC1)C(=O)N[C@@H](CCCN=C(N)N)C(=O)N[C@H](C(N)=O)C(C)(C)C. The van der Waals surface area contributed by atoms with Crippen molar-refractivity contribution in [1.82, 2.24) is 26.2 Å². The van der Waals surface area contributed by atoms with E-state index >= 15 is 0 Å². The molecule has 14 nitrogen and oxygen atoms in total. The number of guanidine groups is 1. The molecule has 5 atom stereocenters. The number of nitrogens with zero attached hydrogens (tertiary/aromatic N) is 2. The van der Waals surface area contributed by atoms with E-state index in [0.29, 0.717) is 6.42 Å². The fourth-order valence-electron chi connectivity index (χ4n) is 6.02. The quantitative estimate of drug-likeness (QED) is 0.0518. The summed E-state index contributed by atoms with van der Waals surface area (Å²) < 4.78 is 0. The molecule has 1 saturated heterocycles. The minimum absolute atomic E-state index is 0.0564. The van der Waals surface area contributed by atoms with Crippen molar-refractivity contribution in [3.63, 3.8) is 0 Å². The van der Waals surface area contributed by atoms with Crippen molar-refractivity contribution < 1.29 is 24.0 Å². The fraction of sp³-hybridized carbons (Fsp3) is 0.742. The Kier molecular flexibility index (Phi) is 14.8. The van der Waals surface area contributed by atoms with Gasteiger partial charge in [0.1, 0.15) is 24.2 Å². The predicted octanol–water partition coefficient (Wildman–Crippen LogP) is -0.239. The molecule has 1 heterocycles. The maximum absolute atomic E-state index is 13.8. The summed E-state index contributed by atoms with van der Waals surface area (Å²) in [6.07, 6.45) is 8.30. The summed E-state index contributed by atoms with van der Waals surface area (Å²) >= 11 is 0. The molecule has 0 aromatic rings. The molecule has 0 radical (unpaired) electrons. The van der Waals surface area contributed by atoms with E-state index in [-0.39, 0.29) is 43.2 Å². The highest BCUT2D eigenvalue weighted by atomic mass is 16.2. The largest absolute Gasteiger partial charge is 0.370 e. The van der Waals surface area contributed by atoms with Crippen molar-refractivity contribution >= 4 is 35.5 Å². The van der Waals surface area contributed by atoms with Crippen LogP contribution in [0.5, 0.6) is 0 Å². The van der Waals surface area contributed by atoms with Gasteiger partial charge in [-0.2, -0.15) is 0 Å². The van der Waals surface area contributed by atoms with Crippen LogP contribution in [0, 0.1) is 11.3 Å². The number of likely N-dealkylation sites (tertiary alicyclic amines) is 1. The van der Waals surface area contributed by atoms with Gasteiger partial charge in [-0.25, -0.2) is 0 Å². The number of nitrogens with one attached hydrogen (secondary N) is 4. The zero-order chi connectivity index (χ0) is 33.7. The third-order valence-electron chi connectivity index (χ3n) is 8.58. The van der Waals surface area contributed by atoms with Gasteiger partial charge in [-0.15, -0.1) is 6.58 Å². The summed E-state index contributed by atoms with van der Waals surface area (Å²) in [5, 5.41) is 11.2. The van der Waals surface area contributed by atoms with E-state index in [1.165, 1.54) is 6.08 Å². The molecule has 1 aliphatic carbocycles. The fourth-order valence-corrected chi connectivity index (χ4v) is 6.02. The Morgan fingerprint density at radius 2 is 1.51 bits per heavy atom. The van der Waals surface area contributed by atoms with E-state index in [4.69, 9.17) is 17.2 Å². The number of primary amides is 1. The van der Waals surface area contributed by atoms with Gasteiger partial charge in [0.2, 0.25) is 29.5 Å². The number of carbonyl (C=O) groups excluding carboxylic acids is 5. The summed E-state index contributed by atoms with van der Waals surface area (Å²) in [5.74, 6) is -2.73. The number of nitrogens with two attached hydrogens (primary N) is 3. The first-order chi connectivity index (χ1) is 21.1. The van der Waals surface area contributed by atoms with Crippen molar-refractivity contribution in [2.45, 2.75) is 115 Å². The van der Waals surface area contributed by atoms with Crippen molar-refractivity contribution in [3.8, 4) is 0 Å². The standard InChI is InChI=1S/C31H55N9O5/c1-6-12-20(37-29(45)23(19-13-8-7-9-14-19)38-28(44)22-16-11-18-40(22)5)26(42)36-21(15-10-17-35-30(33)34)27(43)39-24(25(32)41)31(2,3)4/h6,19-24H,1,7-18H2,2-5H3,(H2,32,41)(H,36,42)(H,37,45)(H,38,44)(H,39,43)(H4,33,34,35)/t20-,21-,22?,23-,24+/m0/s1. The normalized spacial score (nSPS) is 20.1. The molecule has 0 aromatic heterocycles. The summed E-state index contributed by atoms with van der Waals surface area (Å²) in [6.45, 7) is 10.0. The number of amides is 5. The van der Waals surface area contributed by atoms with E-state index in [0.717, 1.165) is 51.5 Å². The van der Waals surface area contributed by atoms with Gasteiger partial charge in [-0.05, 0) is 69.9 Å². The molecular formula is C31H55N9O5. The molecule has 1 aliphatic heterocycles. The summed E-state index contributed by atoms with van der Waals surface area (Å²) in [4.78, 5) is 72.0. The molecule has 0 spiro atoms. The summed E-state index contributed by atoms with van der Waals surface area (Å²) in [7, 11) is 1.90. The molecule has 0 aromatic carbocycles. The van der Waals surface area contributed by atoms with E-state index in [1.807, 2.05) is 11.9 Å². The molecule has 2 rings (SSSR count). The Morgan fingerprint density at radius 1 is 0.889 bits per heavy atom. The van der Waals surface area contributed by atoms with E-state index in [9.17, 15) is 24.0 Å². The Hall–Kier alpha value is -3.68. The lowest BCUT2D eigenvalue weighted by atomic mass is 9.83.